The van der Waals surface area contributed by atoms with Crippen LogP contribution >= 0.6 is 0 Å². The highest BCUT2D eigenvalue weighted by atomic mass is 19.1. The molecule has 5 heteroatoms. The fourth-order valence-corrected chi connectivity index (χ4v) is 2.68. The molecule has 118 valence electrons. The van der Waals surface area contributed by atoms with Crippen LogP contribution in [0.15, 0.2) is 54.6 Å². The van der Waals surface area contributed by atoms with E-state index in [1.807, 2.05) is 30.3 Å². The maximum absolute atomic E-state index is 12.9. The zero-order valence-electron chi connectivity index (χ0n) is 12.5. The third-order valence-electron chi connectivity index (χ3n) is 3.91. The van der Waals surface area contributed by atoms with Gasteiger partial charge in [-0.25, -0.2) is 4.39 Å². The minimum atomic E-state index is -0.358. The number of benzene rings is 2. The van der Waals surface area contributed by atoms with Gasteiger partial charge in [0, 0.05) is 25.2 Å². The molecule has 1 fully saturated rings. The van der Waals surface area contributed by atoms with Crippen LogP contribution in [0.4, 0.5) is 10.1 Å². The topological polar surface area (TPSA) is 49.4 Å². The SMILES string of the molecule is O=C(Nc1ccccc1)[C@H]1CC(=O)N(Cc2ccc(F)cc2)C1. The number of hydrogen-bond donors (Lipinski definition) is 1. The Morgan fingerprint density at radius 1 is 1.13 bits per heavy atom. The van der Waals surface area contributed by atoms with Gasteiger partial charge in [-0.1, -0.05) is 30.3 Å². The minimum Gasteiger partial charge on any atom is -0.338 e. The van der Waals surface area contributed by atoms with Crippen LogP contribution in [0.3, 0.4) is 0 Å². The summed E-state index contributed by atoms with van der Waals surface area (Å²) < 4.78 is 12.9. The normalized spacial score (nSPS) is 17.3. The number of amides is 2. The lowest BCUT2D eigenvalue weighted by Crippen LogP contribution is -2.28. The van der Waals surface area contributed by atoms with Gasteiger partial charge in [0.25, 0.3) is 0 Å². The molecular formula is C18H17FN2O2. The van der Waals surface area contributed by atoms with Crippen molar-refractivity contribution in [2.45, 2.75) is 13.0 Å². The van der Waals surface area contributed by atoms with Crippen LogP contribution in [-0.4, -0.2) is 23.3 Å². The van der Waals surface area contributed by atoms with E-state index in [0.717, 1.165) is 11.3 Å². The number of likely N-dealkylation sites (tertiary alicyclic amines) is 1. The molecule has 1 N–H and O–H groups in total. The monoisotopic (exact) mass is 312 g/mol. The summed E-state index contributed by atoms with van der Waals surface area (Å²) in [5.41, 5.74) is 1.57. The third-order valence-corrected chi connectivity index (χ3v) is 3.91. The predicted octanol–water partition coefficient (Wildman–Crippen LogP) is 2.81. The molecule has 0 saturated carbocycles. The second-order valence-electron chi connectivity index (χ2n) is 5.66. The van der Waals surface area contributed by atoms with Gasteiger partial charge in [0.2, 0.25) is 11.8 Å². The maximum atomic E-state index is 12.9. The highest BCUT2D eigenvalue weighted by Gasteiger charge is 2.34. The third kappa shape index (κ3) is 3.74. The molecule has 0 unspecified atom stereocenters. The highest BCUT2D eigenvalue weighted by Crippen LogP contribution is 2.22. The lowest BCUT2D eigenvalue weighted by molar-refractivity contribution is -0.128. The van der Waals surface area contributed by atoms with Crippen molar-refractivity contribution in [2.24, 2.45) is 5.92 Å². The largest absolute Gasteiger partial charge is 0.338 e. The van der Waals surface area contributed by atoms with Crippen molar-refractivity contribution in [1.82, 2.24) is 4.90 Å². The molecule has 0 aliphatic carbocycles. The van der Waals surface area contributed by atoms with Gasteiger partial charge in [0.15, 0.2) is 0 Å². The molecule has 0 spiro atoms. The average molecular weight is 312 g/mol. The Labute approximate surface area is 133 Å². The molecule has 1 heterocycles. The van der Waals surface area contributed by atoms with E-state index in [2.05, 4.69) is 5.32 Å². The molecule has 0 bridgehead atoms. The first kappa shape index (κ1) is 15.2. The first-order valence-corrected chi connectivity index (χ1v) is 7.50. The van der Waals surface area contributed by atoms with Gasteiger partial charge in [-0.3, -0.25) is 9.59 Å². The number of hydrogen-bond acceptors (Lipinski definition) is 2. The molecule has 0 aromatic heterocycles. The summed E-state index contributed by atoms with van der Waals surface area (Å²) in [7, 11) is 0. The summed E-state index contributed by atoms with van der Waals surface area (Å²) in [4.78, 5) is 26.0. The first-order valence-electron chi connectivity index (χ1n) is 7.50. The molecule has 1 aliphatic rings. The quantitative estimate of drug-likeness (QED) is 0.944. The van der Waals surface area contributed by atoms with Crippen molar-refractivity contribution in [2.75, 3.05) is 11.9 Å². The Morgan fingerprint density at radius 2 is 1.83 bits per heavy atom. The molecule has 0 radical (unpaired) electrons. The zero-order valence-corrected chi connectivity index (χ0v) is 12.5. The standard InChI is InChI=1S/C18H17FN2O2/c19-15-8-6-13(7-9-15)11-21-12-14(10-17(21)22)18(23)20-16-4-2-1-3-5-16/h1-9,14H,10-12H2,(H,20,23)/t14-/m0/s1. The van der Waals surface area contributed by atoms with E-state index in [1.54, 1.807) is 17.0 Å². The van der Waals surface area contributed by atoms with Crippen molar-refractivity contribution in [3.63, 3.8) is 0 Å². The molecule has 1 aliphatic heterocycles. The fraction of sp³-hybridized carbons (Fsp3) is 0.222. The van der Waals surface area contributed by atoms with E-state index in [-0.39, 0.29) is 30.0 Å². The average Bonchev–Trinajstić information content (AvgIpc) is 2.92. The summed E-state index contributed by atoms with van der Waals surface area (Å²) in [5, 5.41) is 2.83. The second kappa shape index (κ2) is 6.60. The predicted molar refractivity (Wildman–Crippen MR) is 85.0 cm³/mol. The Hall–Kier alpha value is -2.69. The summed E-state index contributed by atoms with van der Waals surface area (Å²) in [5.74, 6) is -0.863. The number of nitrogens with one attached hydrogen (secondary N) is 1. The smallest absolute Gasteiger partial charge is 0.229 e. The van der Waals surface area contributed by atoms with E-state index in [0.29, 0.717) is 13.1 Å². The lowest BCUT2D eigenvalue weighted by atomic mass is 10.1. The van der Waals surface area contributed by atoms with Crippen molar-refractivity contribution in [1.29, 1.82) is 0 Å². The maximum Gasteiger partial charge on any atom is 0.229 e. The molecule has 4 nitrogen and oxygen atoms in total. The van der Waals surface area contributed by atoms with E-state index < -0.39 is 0 Å². The van der Waals surface area contributed by atoms with Gasteiger partial charge in [0.05, 0.1) is 5.92 Å². The molecular weight excluding hydrogens is 295 g/mol. The van der Waals surface area contributed by atoms with Crippen molar-refractivity contribution < 1.29 is 14.0 Å². The van der Waals surface area contributed by atoms with Crippen LogP contribution in [0.25, 0.3) is 0 Å². The molecule has 2 aromatic rings. The number of carbonyl (C=O) groups excluding carboxylic acids is 2. The minimum absolute atomic E-state index is 0.0532. The van der Waals surface area contributed by atoms with Crippen LogP contribution in [0, 0.1) is 11.7 Å². The summed E-state index contributed by atoms with van der Waals surface area (Å²) in [6, 6.07) is 15.2. The van der Waals surface area contributed by atoms with Crippen molar-refractivity contribution in [3.05, 3.63) is 66.0 Å². The van der Waals surface area contributed by atoms with Crippen LogP contribution in [0.2, 0.25) is 0 Å². The van der Waals surface area contributed by atoms with Gasteiger partial charge in [-0.05, 0) is 29.8 Å². The van der Waals surface area contributed by atoms with E-state index in [1.165, 1.54) is 12.1 Å². The molecule has 3 rings (SSSR count). The number of nitrogens with zero attached hydrogens (tertiary/aromatic N) is 1. The van der Waals surface area contributed by atoms with Gasteiger partial charge in [-0.2, -0.15) is 0 Å². The number of halogens is 1. The first-order chi connectivity index (χ1) is 11.1. The van der Waals surface area contributed by atoms with E-state index >= 15 is 0 Å². The van der Waals surface area contributed by atoms with Gasteiger partial charge < -0.3 is 10.2 Å². The van der Waals surface area contributed by atoms with Crippen molar-refractivity contribution in [3.8, 4) is 0 Å². The van der Waals surface area contributed by atoms with E-state index in [4.69, 9.17) is 0 Å². The summed E-state index contributed by atoms with van der Waals surface area (Å²) in [6.45, 7) is 0.781. The van der Waals surface area contributed by atoms with Crippen molar-refractivity contribution >= 4 is 17.5 Å². The summed E-state index contributed by atoms with van der Waals surface area (Å²) >= 11 is 0. The Kier molecular flexibility index (Phi) is 4.37. The molecule has 1 saturated heterocycles. The number of rotatable bonds is 4. The lowest BCUT2D eigenvalue weighted by Gasteiger charge is -2.16. The fourth-order valence-electron chi connectivity index (χ4n) is 2.68. The Balaban J connectivity index is 1.60. The molecule has 2 amide bonds. The molecule has 23 heavy (non-hydrogen) atoms. The summed E-state index contributed by atoms with van der Waals surface area (Å²) in [6.07, 6.45) is 0.208. The number of para-hydroxylation sites is 1. The van der Waals surface area contributed by atoms with Crippen LogP contribution < -0.4 is 5.32 Å². The van der Waals surface area contributed by atoms with Gasteiger partial charge in [0.1, 0.15) is 5.82 Å². The zero-order chi connectivity index (χ0) is 16.2. The van der Waals surface area contributed by atoms with Gasteiger partial charge >= 0.3 is 0 Å². The highest BCUT2D eigenvalue weighted by molar-refractivity contribution is 5.97. The Morgan fingerprint density at radius 3 is 2.52 bits per heavy atom. The van der Waals surface area contributed by atoms with E-state index in [9.17, 15) is 14.0 Å². The Bertz CT molecular complexity index is 701. The second-order valence-corrected chi connectivity index (χ2v) is 5.66. The molecule has 2 aromatic carbocycles. The number of anilines is 1. The number of carbonyl (C=O) groups is 2. The van der Waals surface area contributed by atoms with Gasteiger partial charge in [-0.15, -0.1) is 0 Å². The van der Waals surface area contributed by atoms with Crippen LogP contribution in [-0.2, 0) is 16.1 Å². The van der Waals surface area contributed by atoms with Crippen LogP contribution in [0.5, 0.6) is 0 Å². The molecule has 1 atom stereocenters. The van der Waals surface area contributed by atoms with Crippen LogP contribution in [0.1, 0.15) is 12.0 Å².